The second-order valence-corrected chi connectivity index (χ2v) is 4.15. The van der Waals surface area contributed by atoms with Crippen molar-refractivity contribution in [3.8, 4) is 11.4 Å². The molecule has 0 saturated heterocycles. The van der Waals surface area contributed by atoms with Crippen molar-refractivity contribution in [1.29, 1.82) is 0 Å². The number of ether oxygens (including phenoxy) is 1. The first-order chi connectivity index (χ1) is 9.38. The van der Waals surface area contributed by atoms with Crippen LogP contribution < -0.4 is 10.3 Å². The predicted octanol–water partition coefficient (Wildman–Crippen LogP) is 1.54. The second-order valence-electron chi connectivity index (χ2n) is 4.15. The van der Waals surface area contributed by atoms with Crippen LogP contribution in [-0.2, 0) is 7.05 Å². The summed E-state index contributed by atoms with van der Waals surface area (Å²) in [6.45, 7) is 1.47. The van der Waals surface area contributed by atoms with E-state index in [1.54, 1.807) is 0 Å². The molecule has 0 amide bonds. The molecule has 0 spiro atoms. The fourth-order valence-corrected chi connectivity index (χ4v) is 1.98. The molecule has 106 valence electrons. The highest BCUT2D eigenvalue weighted by molar-refractivity contribution is 5.43. The first-order valence-electron chi connectivity index (χ1n) is 5.65. The zero-order chi connectivity index (χ0) is 15.0. The molecule has 0 atom stereocenters. The van der Waals surface area contributed by atoms with Gasteiger partial charge in [-0.15, -0.1) is 0 Å². The number of halogens is 1. The molecule has 0 unspecified atom stereocenters. The fraction of sp³-hybridized carbons (Fsp3) is 0.250. The molecule has 2 rings (SSSR count). The Bertz CT molecular complexity index is 748. The van der Waals surface area contributed by atoms with Crippen molar-refractivity contribution in [3.63, 3.8) is 0 Å². The third-order valence-corrected chi connectivity index (χ3v) is 3.08. The zero-order valence-electron chi connectivity index (χ0n) is 11.1. The number of hydrogen-bond donors (Lipinski definition) is 0. The standard InChI is InChI=1S/C12H12FN3O4/c1-7-11(16(18)19)12(17)15(14(7)2)8-4-5-9(13)10(6-8)20-3/h4-6H,1-3H3. The third kappa shape index (κ3) is 1.94. The van der Waals surface area contributed by atoms with Gasteiger partial charge in [-0.25, -0.2) is 9.07 Å². The van der Waals surface area contributed by atoms with Gasteiger partial charge in [-0.05, 0) is 19.1 Å². The van der Waals surface area contributed by atoms with Crippen LogP contribution in [0.2, 0.25) is 0 Å². The summed E-state index contributed by atoms with van der Waals surface area (Å²) in [5.41, 5.74) is -0.783. The lowest BCUT2D eigenvalue weighted by Crippen LogP contribution is -2.20. The number of nitrogens with zero attached hydrogens (tertiary/aromatic N) is 3. The molecule has 0 radical (unpaired) electrons. The molecule has 7 nitrogen and oxygen atoms in total. The van der Waals surface area contributed by atoms with Gasteiger partial charge in [-0.3, -0.25) is 19.6 Å². The molecule has 20 heavy (non-hydrogen) atoms. The second kappa shape index (κ2) is 4.80. The van der Waals surface area contributed by atoms with Crippen molar-refractivity contribution in [2.45, 2.75) is 6.92 Å². The molecule has 0 saturated carbocycles. The van der Waals surface area contributed by atoms with Gasteiger partial charge < -0.3 is 4.74 Å². The molecule has 1 heterocycles. The summed E-state index contributed by atoms with van der Waals surface area (Å²) >= 11 is 0. The Morgan fingerprint density at radius 3 is 2.55 bits per heavy atom. The van der Waals surface area contributed by atoms with Crippen LogP contribution in [0.4, 0.5) is 10.1 Å². The molecular formula is C12H12FN3O4. The number of methoxy groups -OCH3 is 1. The van der Waals surface area contributed by atoms with Crippen molar-refractivity contribution in [2.75, 3.05) is 7.11 Å². The van der Waals surface area contributed by atoms with Crippen molar-refractivity contribution in [2.24, 2.45) is 7.05 Å². The van der Waals surface area contributed by atoms with Crippen molar-refractivity contribution >= 4 is 5.69 Å². The highest BCUT2D eigenvalue weighted by atomic mass is 19.1. The van der Waals surface area contributed by atoms with E-state index in [4.69, 9.17) is 4.74 Å². The lowest BCUT2D eigenvalue weighted by Gasteiger charge is -2.09. The summed E-state index contributed by atoms with van der Waals surface area (Å²) in [7, 11) is 2.81. The molecule has 0 fully saturated rings. The molecule has 0 aliphatic heterocycles. The van der Waals surface area contributed by atoms with Crippen LogP contribution in [0.1, 0.15) is 5.69 Å². The zero-order valence-corrected chi connectivity index (χ0v) is 11.1. The Kier molecular flexibility index (Phi) is 3.31. The van der Waals surface area contributed by atoms with Gasteiger partial charge in [0.05, 0.1) is 17.7 Å². The first-order valence-corrected chi connectivity index (χ1v) is 5.65. The highest BCUT2D eigenvalue weighted by Gasteiger charge is 2.25. The van der Waals surface area contributed by atoms with E-state index >= 15 is 0 Å². The number of rotatable bonds is 3. The maximum Gasteiger partial charge on any atom is 0.356 e. The fourth-order valence-electron chi connectivity index (χ4n) is 1.98. The molecule has 1 aromatic carbocycles. The third-order valence-electron chi connectivity index (χ3n) is 3.08. The van der Waals surface area contributed by atoms with Crippen LogP contribution in [0.3, 0.4) is 0 Å². The van der Waals surface area contributed by atoms with Gasteiger partial charge >= 0.3 is 11.2 Å². The van der Waals surface area contributed by atoms with Crippen LogP contribution in [-0.4, -0.2) is 21.4 Å². The first kappa shape index (κ1) is 13.8. The Labute approximate surface area is 112 Å². The number of nitro groups is 1. The maximum atomic E-state index is 13.4. The van der Waals surface area contributed by atoms with Crippen LogP contribution in [0.15, 0.2) is 23.0 Å². The van der Waals surface area contributed by atoms with Gasteiger partial charge in [-0.1, -0.05) is 0 Å². The van der Waals surface area contributed by atoms with Gasteiger partial charge in [0.25, 0.3) is 0 Å². The van der Waals surface area contributed by atoms with Gasteiger partial charge in [0.2, 0.25) is 0 Å². The minimum absolute atomic E-state index is 0.0455. The van der Waals surface area contributed by atoms with Crippen LogP contribution in [0, 0.1) is 22.9 Å². The lowest BCUT2D eigenvalue weighted by molar-refractivity contribution is -0.386. The Balaban J connectivity index is 2.74. The molecule has 0 aliphatic rings. The van der Waals surface area contributed by atoms with Crippen molar-refractivity contribution in [1.82, 2.24) is 9.36 Å². The minimum atomic E-state index is -0.774. The van der Waals surface area contributed by atoms with Gasteiger partial charge in [-0.2, -0.15) is 0 Å². The largest absolute Gasteiger partial charge is 0.494 e. The Morgan fingerprint density at radius 2 is 2.05 bits per heavy atom. The molecule has 0 aliphatic carbocycles. The minimum Gasteiger partial charge on any atom is -0.494 e. The van der Waals surface area contributed by atoms with E-state index in [0.29, 0.717) is 0 Å². The summed E-state index contributed by atoms with van der Waals surface area (Å²) in [6.07, 6.45) is 0. The van der Waals surface area contributed by atoms with Crippen molar-refractivity contribution < 1.29 is 14.1 Å². The molecular weight excluding hydrogens is 269 g/mol. The SMILES string of the molecule is COc1cc(-n2c(=O)c([N+](=O)[O-])c(C)n2C)ccc1F. The van der Waals surface area contributed by atoms with Crippen LogP contribution in [0.25, 0.3) is 5.69 Å². The van der Waals surface area contributed by atoms with E-state index in [9.17, 15) is 19.3 Å². The Hall–Kier alpha value is -2.64. The van der Waals surface area contributed by atoms with E-state index in [-0.39, 0.29) is 17.1 Å². The summed E-state index contributed by atoms with van der Waals surface area (Å²) < 4.78 is 20.6. The smallest absolute Gasteiger partial charge is 0.356 e. The normalized spacial score (nSPS) is 10.6. The lowest BCUT2D eigenvalue weighted by atomic mass is 10.3. The van der Waals surface area contributed by atoms with Gasteiger partial charge in [0.1, 0.15) is 5.69 Å². The highest BCUT2D eigenvalue weighted by Crippen LogP contribution is 2.22. The summed E-state index contributed by atoms with van der Waals surface area (Å²) in [5, 5.41) is 10.9. The van der Waals surface area contributed by atoms with Gasteiger partial charge in [0, 0.05) is 13.1 Å². The van der Waals surface area contributed by atoms with Crippen molar-refractivity contribution in [3.05, 3.63) is 50.2 Å². The number of hydrogen-bond acceptors (Lipinski definition) is 4. The number of benzene rings is 1. The van der Waals surface area contributed by atoms with E-state index in [2.05, 4.69) is 0 Å². The molecule has 2 aromatic rings. The summed E-state index contributed by atoms with van der Waals surface area (Å²) in [5.74, 6) is -0.624. The maximum absolute atomic E-state index is 13.4. The van der Waals surface area contributed by atoms with Crippen LogP contribution >= 0.6 is 0 Å². The molecule has 1 aromatic heterocycles. The monoisotopic (exact) mass is 281 g/mol. The van der Waals surface area contributed by atoms with E-state index in [0.717, 1.165) is 10.7 Å². The quantitative estimate of drug-likeness (QED) is 0.631. The van der Waals surface area contributed by atoms with Crippen LogP contribution in [0.5, 0.6) is 5.75 Å². The average Bonchev–Trinajstić information content (AvgIpc) is 2.61. The number of aromatic nitrogens is 2. The van der Waals surface area contributed by atoms with E-state index < -0.39 is 22.0 Å². The Morgan fingerprint density at radius 1 is 1.40 bits per heavy atom. The molecule has 0 N–H and O–H groups in total. The van der Waals surface area contributed by atoms with Gasteiger partial charge in [0.15, 0.2) is 11.6 Å². The van der Waals surface area contributed by atoms with E-state index in [1.165, 1.54) is 37.9 Å². The molecule has 0 bridgehead atoms. The van der Waals surface area contributed by atoms with E-state index in [1.807, 2.05) is 0 Å². The summed E-state index contributed by atoms with van der Waals surface area (Å²) in [6, 6.07) is 3.79. The topological polar surface area (TPSA) is 79.3 Å². The molecule has 8 heteroatoms. The predicted molar refractivity (Wildman–Crippen MR) is 68.9 cm³/mol. The average molecular weight is 281 g/mol. The summed E-state index contributed by atoms with van der Waals surface area (Å²) in [4.78, 5) is 22.3.